The van der Waals surface area contributed by atoms with E-state index in [9.17, 15) is 14.3 Å². The third-order valence-electron chi connectivity index (χ3n) is 3.62. The van der Waals surface area contributed by atoms with Crippen molar-refractivity contribution in [3.05, 3.63) is 40.2 Å². The number of pyridine rings is 1. The summed E-state index contributed by atoms with van der Waals surface area (Å²) in [6.07, 6.45) is -0.228. The Hall–Kier alpha value is -1.57. The third kappa shape index (κ3) is 2.97. The molecule has 1 aliphatic rings. The van der Waals surface area contributed by atoms with Crippen molar-refractivity contribution in [1.82, 2.24) is 10.3 Å². The highest BCUT2D eigenvalue weighted by Crippen LogP contribution is 2.25. The van der Waals surface area contributed by atoms with E-state index in [1.54, 1.807) is 18.2 Å². The average molecular weight is 369 g/mol. The molecular formula is C15H14BrFN2O3. The Kier molecular flexibility index (Phi) is 4.37. The molecule has 1 aromatic carbocycles. The summed E-state index contributed by atoms with van der Waals surface area (Å²) >= 11 is 3.33. The molecule has 0 aliphatic carbocycles. The highest BCUT2D eigenvalue weighted by molar-refractivity contribution is 9.10. The zero-order valence-corrected chi connectivity index (χ0v) is 13.1. The first-order chi connectivity index (χ1) is 10.6. The van der Waals surface area contributed by atoms with Crippen molar-refractivity contribution < 1.29 is 19.0 Å². The minimum absolute atomic E-state index is 0.100. The number of carbonyl (C=O) groups excluding carboxylic acids is 1. The zero-order valence-electron chi connectivity index (χ0n) is 11.6. The molecule has 0 spiro atoms. The van der Waals surface area contributed by atoms with Crippen LogP contribution in [0.2, 0.25) is 0 Å². The number of hydrogen-bond donors (Lipinski definition) is 2. The molecule has 2 N–H and O–H groups in total. The minimum atomic E-state index is -0.752. The quantitative estimate of drug-likeness (QED) is 0.850. The van der Waals surface area contributed by atoms with E-state index in [0.29, 0.717) is 22.9 Å². The fraction of sp³-hybridized carbons (Fsp3) is 0.333. The molecule has 1 fully saturated rings. The monoisotopic (exact) mass is 368 g/mol. The van der Waals surface area contributed by atoms with Crippen LogP contribution in [0.25, 0.3) is 10.9 Å². The Balaban J connectivity index is 1.89. The summed E-state index contributed by atoms with van der Waals surface area (Å²) in [5.74, 6) is -0.934. The second-order valence-corrected chi connectivity index (χ2v) is 5.99. The lowest BCUT2D eigenvalue weighted by Crippen LogP contribution is -2.48. The predicted octanol–water partition coefficient (Wildman–Crippen LogP) is 2.02. The van der Waals surface area contributed by atoms with E-state index in [1.165, 1.54) is 6.07 Å². The van der Waals surface area contributed by atoms with Crippen LogP contribution in [0.15, 0.2) is 28.7 Å². The Labute approximate surface area is 134 Å². The second-order valence-electron chi connectivity index (χ2n) is 5.14. The normalized spacial score (nSPS) is 21.8. The molecule has 22 heavy (non-hydrogen) atoms. The van der Waals surface area contributed by atoms with Gasteiger partial charge in [0.1, 0.15) is 17.0 Å². The second kappa shape index (κ2) is 6.28. The number of para-hydroxylation sites is 1. The standard InChI is InChI=1S/C15H14BrFN2O3/c16-9-6-12(18-14-8(9)2-1-3-10(14)17)15(21)19-11-4-5-22-7-13(11)20/h1-3,6,11,13,20H,4-5,7H2,(H,19,21)/t11-,13-/m0/s1. The minimum Gasteiger partial charge on any atom is -0.389 e. The Morgan fingerprint density at radius 2 is 2.32 bits per heavy atom. The van der Waals surface area contributed by atoms with Crippen LogP contribution in [-0.4, -0.2) is 41.4 Å². The van der Waals surface area contributed by atoms with Gasteiger partial charge in [-0.3, -0.25) is 4.79 Å². The Bertz CT molecular complexity index is 725. The Morgan fingerprint density at radius 1 is 1.50 bits per heavy atom. The molecule has 1 saturated heterocycles. The number of nitrogens with one attached hydrogen (secondary N) is 1. The summed E-state index contributed by atoms with van der Waals surface area (Å²) in [5.41, 5.74) is 0.234. The van der Waals surface area contributed by atoms with Gasteiger partial charge in [0.2, 0.25) is 0 Å². The summed E-state index contributed by atoms with van der Waals surface area (Å²) in [6, 6.07) is 5.76. The van der Waals surface area contributed by atoms with Crippen molar-refractivity contribution >= 4 is 32.7 Å². The van der Waals surface area contributed by atoms with Crippen molar-refractivity contribution in [3.63, 3.8) is 0 Å². The van der Waals surface area contributed by atoms with Crippen LogP contribution in [0.3, 0.4) is 0 Å². The van der Waals surface area contributed by atoms with Gasteiger partial charge in [-0.05, 0) is 18.6 Å². The lowest BCUT2D eigenvalue weighted by atomic mass is 10.1. The molecular weight excluding hydrogens is 355 g/mol. The lowest BCUT2D eigenvalue weighted by Gasteiger charge is -2.28. The first-order valence-corrected chi connectivity index (χ1v) is 7.67. The SMILES string of the molecule is O=C(N[C@H]1CCOC[C@@H]1O)c1cc(Br)c2cccc(F)c2n1. The molecule has 0 bridgehead atoms. The van der Waals surface area contributed by atoms with E-state index in [-0.39, 0.29) is 17.8 Å². The molecule has 1 aliphatic heterocycles. The van der Waals surface area contributed by atoms with Crippen LogP contribution in [0.4, 0.5) is 4.39 Å². The summed E-state index contributed by atoms with van der Waals surface area (Å²) in [4.78, 5) is 16.4. The van der Waals surface area contributed by atoms with Crippen molar-refractivity contribution in [2.24, 2.45) is 0 Å². The van der Waals surface area contributed by atoms with Crippen molar-refractivity contribution in [2.45, 2.75) is 18.6 Å². The van der Waals surface area contributed by atoms with Crippen LogP contribution < -0.4 is 5.32 Å². The van der Waals surface area contributed by atoms with Crippen molar-refractivity contribution in [2.75, 3.05) is 13.2 Å². The number of aliphatic hydroxyl groups is 1. The largest absolute Gasteiger partial charge is 0.389 e. The smallest absolute Gasteiger partial charge is 0.270 e. The highest BCUT2D eigenvalue weighted by atomic mass is 79.9. The predicted molar refractivity (Wildman–Crippen MR) is 82.1 cm³/mol. The van der Waals surface area contributed by atoms with E-state index in [4.69, 9.17) is 4.74 Å². The lowest BCUT2D eigenvalue weighted by molar-refractivity contribution is -0.0261. The number of nitrogens with zero attached hydrogens (tertiary/aromatic N) is 1. The number of rotatable bonds is 2. The topological polar surface area (TPSA) is 71.5 Å². The van der Waals surface area contributed by atoms with Crippen molar-refractivity contribution in [1.29, 1.82) is 0 Å². The number of amides is 1. The number of carbonyl (C=O) groups is 1. The summed E-state index contributed by atoms with van der Waals surface area (Å²) in [6.45, 7) is 0.667. The van der Waals surface area contributed by atoms with E-state index in [0.717, 1.165) is 0 Å². The van der Waals surface area contributed by atoms with Gasteiger partial charge in [-0.15, -0.1) is 0 Å². The number of aromatic nitrogens is 1. The molecule has 116 valence electrons. The van der Waals surface area contributed by atoms with Crippen LogP contribution in [0.5, 0.6) is 0 Å². The fourth-order valence-electron chi connectivity index (χ4n) is 2.42. The van der Waals surface area contributed by atoms with Gasteiger partial charge in [0, 0.05) is 16.5 Å². The van der Waals surface area contributed by atoms with Gasteiger partial charge >= 0.3 is 0 Å². The van der Waals surface area contributed by atoms with E-state index in [2.05, 4.69) is 26.2 Å². The molecule has 1 amide bonds. The molecule has 0 radical (unpaired) electrons. The summed E-state index contributed by atoms with van der Waals surface area (Å²) < 4.78 is 19.6. The number of halogens is 2. The molecule has 0 saturated carbocycles. The highest BCUT2D eigenvalue weighted by Gasteiger charge is 2.26. The molecule has 7 heteroatoms. The van der Waals surface area contributed by atoms with Gasteiger partial charge in [-0.25, -0.2) is 9.37 Å². The fourth-order valence-corrected chi connectivity index (χ4v) is 2.96. The first kappa shape index (κ1) is 15.3. The maximum atomic E-state index is 13.9. The maximum Gasteiger partial charge on any atom is 0.270 e. The maximum absolute atomic E-state index is 13.9. The van der Waals surface area contributed by atoms with Gasteiger partial charge in [0.15, 0.2) is 0 Å². The summed E-state index contributed by atoms with van der Waals surface area (Å²) in [7, 11) is 0. The van der Waals surface area contributed by atoms with Crippen LogP contribution in [0, 0.1) is 5.82 Å². The number of benzene rings is 1. The molecule has 3 rings (SSSR count). The van der Waals surface area contributed by atoms with Gasteiger partial charge in [0.05, 0.1) is 18.8 Å². The zero-order chi connectivity index (χ0) is 15.7. The van der Waals surface area contributed by atoms with E-state index in [1.807, 2.05) is 0 Å². The average Bonchev–Trinajstić information content (AvgIpc) is 2.50. The molecule has 5 nitrogen and oxygen atoms in total. The van der Waals surface area contributed by atoms with Gasteiger partial charge in [-0.1, -0.05) is 28.1 Å². The number of aliphatic hydroxyl groups excluding tert-OH is 1. The summed E-state index contributed by atoms with van der Waals surface area (Å²) in [5, 5.41) is 13.1. The molecule has 2 atom stereocenters. The van der Waals surface area contributed by atoms with Gasteiger partial charge < -0.3 is 15.2 Å². The number of ether oxygens (including phenoxy) is 1. The van der Waals surface area contributed by atoms with Crippen LogP contribution in [0.1, 0.15) is 16.9 Å². The van der Waals surface area contributed by atoms with Gasteiger partial charge in [-0.2, -0.15) is 0 Å². The Morgan fingerprint density at radius 3 is 3.09 bits per heavy atom. The first-order valence-electron chi connectivity index (χ1n) is 6.87. The van der Waals surface area contributed by atoms with Crippen LogP contribution >= 0.6 is 15.9 Å². The van der Waals surface area contributed by atoms with E-state index < -0.39 is 23.9 Å². The number of hydrogen-bond acceptors (Lipinski definition) is 4. The van der Waals surface area contributed by atoms with Crippen molar-refractivity contribution in [3.8, 4) is 0 Å². The molecule has 2 aromatic rings. The third-order valence-corrected chi connectivity index (χ3v) is 4.27. The molecule has 2 heterocycles. The van der Waals surface area contributed by atoms with Gasteiger partial charge in [0.25, 0.3) is 5.91 Å². The molecule has 0 unspecified atom stereocenters. The van der Waals surface area contributed by atoms with E-state index >= 15 is 0 Å². The number of fused-ring (bicyclic) bond motifs is 1. The molecule has 1 aromatic heterocycles. The van der Waals surface area contributed by atoms with Crippen LogP contribution in [-0.2, 0) is 4.74 Å².